The summed E-state index contributed by atoms with van der Waals surface area (Å²) in [6.45, 7) is 6.15. The van der Waals surface area contributed by atoms with Crippen LogP contribution in [0.2, 0.25) is 0 Å². The van der Waals surface area contributed by atoms with E-state index in [2.05, 4.69) is 15.2 Å². The summed E-state index contributed by atoms with van der Waals surface area (Å²) in [5.41, 5.74) is 5.50. The first kappa shape index (κ1) is 14.8. The van der Waals surface area contributed by atoms with Crippen LogP contribution in [0.5, 0.6) is 0 Å². The van der Waals surface area contributed by atoms with E-state index in [0.29, 0.717) is 12.5 Å². The molecule has 1 aliphatic heterocycles. The number of nitrogens with zero attached hydrogens (tertiary/aromatic N) is 2. The van der Waals surface area contributed by atoms with Gasteiger partial charge in [-0.15, -0.1) is 0 Å². The lowest BCUT2D eigenvalue weighted by Gasteiger charge is -2.24. The number of hydrogen-bond acceptors (Lipinski definition) is 2. The van der Waals surface area contributed by atoms with Gasteiger partial charge in [-0.05, 0) is 26.7 Å². The molecule has 0 radical (unpaired) electrons. The first-order valence-electron chi connectivity index (χ1n) is 6.74. The molecule has 1 heterocycles. The monoisotopic (exact) mass is 254 g/mol. The van der Waals surface area contributed by atoms with Crippen molar-refractivity contribution in [3.05, 3.63) is 0 Å². The number of nitrogens with two attached hydrogens (primary N) is 1. The summed E-state index contributed by atoms with van der Waals surface area (Å²) in [6.07, 6.45) is 4.89. The molecule has 0 unspecified atom stereocenters. The Morgan fingerprint density at radius 3 is 2.33 bits per heavy atom. The zero-order valence-corrected chi connectivity index (χ0v) is 11.8. The molecule has 0 aliphatic carbocycles. The quantitative estimate of drug-likeness (QED) is 0.582. The molecule has 1 saturated heterocycles. The summed E-state index contributed by atoms with van der Waals surface area (Å²) >= 11 is 0. The number of nitrogens with one attached hydrogen (secondary N) is 1. The largest absolute Gasteiger partial charge is 0.370 e. The molecule has 1 rings (SSSR count). The third kappa shape index (κ3) is 4.20. The minimum atomic E-state index is -0.509. The molecule has 1 aliphatic rings. The Bertz CT molecular complexity index is 304. The fraction of sp³-hybridized carbons (Fsp3) is 0.846. The molecule has 5 heteroatoms. The number of amides is 1. The summed E-state index contributed by atoms with van der Waals surface area (Å²) in [7, 11) is 1.64. The van der Waals surface area contributed by atoms with E-state index in [1.54, 1.807) is 7.05 Å². The second kappa shape index (κ2) is 6.61. The summed E-state index contributed by atoms with van der Waals surface area (Å²) in [5, 5.41) is 2.66. The fourth-order valence-corrected chi connectivity index (χ4v) is 2.09. The van der Waals surface area contributed by atoms with Crippen LogP contribution in [0.25, 0.3) is 0 Å². The van der Waals surface area contributed by atoms with Crippen LogP contribution in [-0.4, -0.2) is 43.4 Å². The van der Waals surface area contributed by atoms with Crippen molar-refractivity contribution in [2.24, 2.45) is 16.1 Å². The molecule has 1 fully saturated rings. The zero-order chi connectivity index (χ0) is 13.6. The van der Waals surface area contributed by atoms with Gasteiger partial charge in [-0.3, -0.25) is 9.79 Å². The minimum Gasteiger partial charge on any atom is -0.370 e. The van der Waals surface area contributed by atoms with Crippen molar-refractivity contribution in [2.75, 3.05) is 26.7 Å². The van der Waals surface area contributed by atoms with Crippen molar-refractivity contribution in [1.82, 2.24) is 10.2 Å². The molecule has 1 amide bonds. The Morgan fingerprint density at radius 2 is 1.83 bits per heavy atom. The molecular formula is C13H26N4O. The summed E-state index contributed by atoms with van der Waals surface area (Å²) in [4.78, 5) is 18.2. The lowest BCUT2D eigenvalue weighted by atomic mass is 9.93. The van der Waals surface area contributed by atoms with Crippen LogP contribution in [0.1, 0.15) is 39.5 Å². The van der Waals surface area contributed by atoms with Crippen LogP contribution in [0.15, 0.2) is 4.99 Å². The number of carbonyl (C=O) groups is 1. The average Bonchev–Trinajstić information content (AvgIpc) is 2.63. The van der Waals surface area contributed by atoms with Crippen molar-refractivity contribution in [3.63, 3.8) is 0 Å². The summed E-state index contributed by atoms with van der Waals surface area (Å²) in [5.74, 6) is 0.573. The molecule has 0 aromatic carbocycles. The predicted molar refractivity (Wildman–Crippen MR) is 74.4 cm³/mol. The SMILES string of the molecule is CNC(=O)C(C)(C)CN=C(N)N1CCCCCC1. The second-order valence-corrected chi connectivity index (χ2v) is 5.54. The van der Waals surface area contributed by atoms with Crippen molar-refractivity contribution < 1.29 is 4.79 Å². The molecule has 104 valence electrons. The average molecular weight is 254 g/mol. The Kier molecular flexibility index (Phi) is 5.44. The molecule has 18 heavy (non-hydrogen) atoms. The Labute approximate surface area is 110 Å². The molecule has 3 N–H and O–H groups in total. The third-order valence-corrected chi connectivity index (χ3v) is 3.41. The standard InChI is InChI=1S/C13H26N4O/c1-13(2,11(18)15-3)10-16-12(14)17-8-6-4-5-7-9-17/h4-10H2,1-3H3,(H2,14,16)(H,15,18). The van der Waals surface area contributed by atoms with Crippen LogP contribution < -0.4 is 11.1 Å². The second-order valence-electron chi connectivity index (χ2n) is 5.54. The first-order valence-corrected chi connectivity index (χ1v) is 6.74. The van der Waals surface area contributed by atoms with E-state index in [1.165, 1.54) is 25.7 Å². The van der Waals surface area contributed by atoms with E-state index in [0.717, 1.165) is 13.1 Å². The molecular weight excluding hydrogens is 228 g/mol. The van der Waals surface area contributed by atoms with Gasteiger partial charge >= 0.3 is 0 Å². The van der Waals surface area contributed by atoms with E-state index in [-0.39, 0.29) is 5.91 Å². The van der Waals surface area contributed by atoms with Gasteiger partial charge in [0.05, 0.1) is 12.0 Å². The Balaban J connectivity index is 2.57. The van der Waals surface area contributed by atoms with E-state index in [4.69, 9.17) is 5.73 Å². The van der Waals surface area contributed by atoms with Crippen LogP contribution in [-0.2, 0) is 4.79 Å². The maximum Gasteiger partial charge on any atom is 0.227 e. The predicted octanol–water partition coefficient (Wildman–Crippen LogP) is 0.949. The fourth-order valence-electron chi connectivity index (χ4n) is 2.09. The van der Waals surface area contributed by atoms with Crippen molar-refractivity contribution in [3.8, 4) is 0 Å². The number of carbonyl (C=O) groups excluding carboxylic acids is 1. The van der Waals surface area contributed by atoms with Gasteiger partial charge < -0.3 is 16.0 Å². The van der Waals surface area contributed by atoms with Crippen molar-refractivity contribution >= 4 is 11.9 Å². The highest BCUT2D eigenvalue weighted by molar-refractivity contribution is 5.83. The van der Waals surface area contributed by atoms with Crippen molar-refractivity contribution in [2.45, 2.75) is 39.5 Å². The van der Waals surface area contributed by atoms with Crippen LogP contribution in [0.3, 0.4) is 0 Å². The first-order chi connectivity index (χ1) is 8.47. The lowest BCUT2D eigenvalue weighted by Crippen LogP contribution is -2.41. The van der Waals surface area contributed by atoms with Crippen LogP contribution in [0, 0.1) is 5.41 Å². The molecule has 0 saturated carbocycles. The van der Waals surface area contributed by atoms with Gasteiger partial charge in [-0.25, -0.2) is 0 Å². The minimum absolute atomic E-state index is 0.00471. The molecule has 0 aromatic rings. The van der Waals surface area contributed by atoms with E-state index in [1.807, 2.05) is 13.8 Å². The molecule has 0 aromatic heterocycles. The maximum absolute atomic E-state index is 11.6. The lowest BCUT2D eigenvalue weighted by molar-refractivity contribution is -0.128. The zero-order valence-electron chi connectivity index (χ0n) is 11.8. The summed E-state index contributed by atoms with van der Waals surface area (Å²) < 4.78 is 0. The van der Waals surface area contributed by atoms with E-state index in [9.17, 15) is 4.79 Å². The Morgan fingerprint density at radius 1 is 1.28 bits per heavy atom. The highest BCUT2D eigenvalue weighted by Gasteiger charge is 2.26. The number of likely N-dealkylation sites (tertiary alicyclic amines) is 1. The number of hydrogen-bond donors (Lipinski definition) is 2. The van der Waals surface area contributed by atoms with E-state index < -0.39 is 5.41 Å². The van der Waals surface area contributed by atoms with Gasteiger partial charge in [0.2, 0.25) is 5.91 Å². The maximum atomic E-state index is 11.6. The van der Waals surface area contributed by atoms with Gasteiger partial charge in [0.25, 0.3) is 0 Å². The smallest absolute Gasteiger partial charge is 0.227 e. The van der Waals surface area contributed by atoms with Gasteiger partial charge in [0, 0.05) is 20.1 Å². The van der Waals surface area contributed by atoms with Crippen molar-refractivity contribution in [1.29, 1.82) is 0 Å². The highest BCUT2D eigenvalue weighted by Crippen LogP contribution is 2.16. The normalized spacial score (nSPS) is 18.4. The van der Waals surface area contributed by atoms with Crippen LogP contribution in [0.4, 0.5) is 0 Å². The molecule has 5 nitrogen and oxygen atoms in total. The summed E-state index contributed by atoms with van der Waals surface area (Å²) in [6, 6.07) is 0. The number of guanidine groups is 1. The molecule has 0 atom stereocenters. The third-order valence-electron chi connectivity index (χ3n) is 3.41. The number of aliphatic imine (C=N–C) groups is 1. The molecule has 0 spiro atoms. The van der Waals surface area contributed by atoms with Gasteiger partial charge in [-0.1, -0.05) is 12.8 Å². The van der Waals surface area contributed by atoms with Gasteiger partial charge in [0.1, 0.15) is 0 Å². The van der Waals surface area contributed by atoms with Crippen LogP contribution >= 0.6 is 0 Å². The molecule has 0 bridgehead atoms. The number of rotatable bonds is 3. The van der Waals surface area contributed by atoms with E-state index >= 15 is 0 Å². The van der Waals surface area contributed by atoms with Gasteiger partial charge in [0.15, 0.2) is 5.96 Å². The highest BCUT2D eigenvalue weighted by atomic mass is 16.2. The Hall–Kier alpha value is -1.26. The van der Waals surface area contributed by atoms with Gasteiger partial charge in [-0.2, -0.15) is 0 Å². The topological polar surface area (TPSA) is 70.7 Å².